The Morgan fingerprint density at radius 2 is 1.59 bits per heavy atom. The number of piperidine rings is 1. The summed E-state index contributed by atoms with van der Waals surface area (Å²) in [5.41, 5.74) is 3.71. The summed E-state index contributed by atoms with van der Waals surface area (Å²) in [5, 5.41) is 2.89. The highest BCUT2D eigenvalue weighted by Crippen LogP contribution is 2.26. The average molecular weight is 519 g/mol. The average Bonchev–Trinajstić information content (AvgIpc) is 2.88. The number of carbonyl (C=O) groups excluding carboxylic acids is 2. The molecule has 1 aliphatic heterocycles. The quantitative estimate of drug-likeness (QED) is 0.433. The van der Waals surface area contributed by atoms with E-state index in [0.29, 0.717) is 36.2 Å². The van der Waals surface area contributed by atoms with Crippen molar-refractivity contribution < 1.29 is 18.0 Å². The van der Waals surface area contributed by atoms with Gasteiger partial charge >= 0.3 is 0 Å². The summed E-state index contributed by atoms with van der Waals surface area (Å²) in [6.07, 6.45) is 1.21. The third-order valence-electron chi connectivity index (χ3n) is 6.82. The van der Waals surface area contributed by atoms with Crippen molar-refractivity contribution >= 4 is 27.4 Å². The molecule has 1 fully saturated rings. The van der Waals surface area contributed by atoms with Gasteiger partial charge < -0.3 is 5.32 Å². The Morgan fingerprint density at radius 1 is 0.919 bits per heavy atom. The van der Waals surface area contributed by atoms with E-state index in [0.717, 1.165) is 11.1 Å². The number of hydrogen-bond donors (Lipinski definition) is 1. The number of anilines is 1. The lowest BCUT2D eigenvalue weighted by Gasteiger charge is -2.31. The molecule has 0 bridgehead atoms. The maximum absolute atomic E-state index is 13.1. The fraction of sp³-hybridized carbons (Fsp3) is 0.333. The molecule has 194 valence electrons. The number of benzene rings is 3. The van der Waals surface area contributed by atoms with E-state index in [1.165, 1.54) is 4.31 Å². The van der Waals surface area contributed by atoms with Gasteiger partial charge in [0.05, 0.1) is 10.8 Å². The van der Waals surface area contributed by atoms with Gasteiger partial charge in [-0.3, -0.25) is 9.59 Å². The first-order chi connectivity index (χ1) is 17.4. The van der Waals surface area contributed by atoms with E-state index >= 15 is 0 Å². The molecule has 1 unspecified atom stereocenters. The van der Waals surface area contributed by atoms with Gasteiger partial charge in [0.15, 0.2) is 5.78 Å². The summed E-state index contributed by atoms with van der Waals surface area (Å²) in [4.78, 5) is 26.4. The molecule has 0 saturated carbocycles. The number of ketones is 1. The zero-order valence-corrected chi connectivity index (χ0v) is 22.6. The summed E-state index contributed by atoms with van der Waals surface area (Å²) < 4.78 is 27.6. The second-order valence-corrected chi connectivity index (χ2v) is 12.7. The lowest BCUT2D eigenvalue weighted by Crippen LogP contribution is -2.43. The fourth-order valence-corrected chi connectivity index (χ4v) is 6.03. The van der Waals surface area contributed by atoms with Crippen molar-refractivity contribution in [3.05, 3.63) is 95.1 Å². The lowest BCUT2D eigenvalue weighted by atomic mass is 9.86. The van der Waals surface area contributed by atoms with E-state index in [4.69, 9.17) is 0 Å². The van der Waals surface area contributed by atoms with Gasteiger partial charge in [-0.15, -0.1) is 0 Å². The minimum Gasteiger partial charge on any atom is -0.326 e. The van der Waals surface area contributed by atoms with Gasteiger partial charge in [0.25, 0.3) is 0 Å². The first-order valence-corrected chi connectivity index (χ1v) is 14.0. The Balaban J connectivity index is 1.44. The maximum Gasteiger partial charge on any atom is 0.243 e. The van der Waals surface area contributed by atoms with E-state index in [9.17, 15) is 18.0 Å². The number of nitrogens with one attached hydrogen (secondary N) is 1. The summed E-state index contributed by atoms with van der Waals surface area (Å²) in [5.74, 6) is -0.842. The molecule has 1 amide bonds. The molecular formula is C30H34N2O4S. The van der Waals surface area contributed by atoms with Crippen molar-refractivity contribution in [2.75, 3.05) is 18.4 Å². The van der Waals surface area contributed by atoms with Crippen LogP contribution in [0.3, 0.4) is 0 Å². The van der Waals surface area contributed by atoms with Crippen LogP contribution >= 0.6 is 0 Å². The van der Waals surface area contributed by atoms with Crippen molar-refractivity contribution in [2.45, 2.75) is 50.8 Å². The van der Waals surface area contributed by atoms with Crippen LogP contribution in [-0.4, -0.2) is 37.5 Å². The highest BCUT2D eigenvalue weighted by atomic mass is 32.2. The van der Waals surface area contributed by atoms with E-state index < -0.39 is 15.9 Å². The van der Waals surface area contributed by atoms with Crippen molar-refractivity contribution in [1.82, 2.24) is 4.31 Å². The second kappa shape index (κ2) is 10.6. The molecule has 4 rings (SSSR count). The van der Waals surface area contributed by atoms with Crippen molar-refractivity contribution in [3.8, 4) is 0 Å². The molecule has 0 spiro atoms. The van der Waals surface area contributed by atoms with Crippen LogP contribution in [-0.2, 0) is 20.2 Å². The minimum atomic E-state index is -3.67. The van der Waals surface area contributed by atoms with Crippen LogP contribution in [0.4, 0.5) is 5.69 Å². The monoisotopic (exact) mass is 518 g/mol. The van der Waals surface area contributed by atoms with Gasteiger partial charge in [0.2, 0.25) is 15.9 Å². The van der Waals surface area contributed by atoms with Crippen LogP contribution in [0.15, 0.2) is 77.7 Å². The third-order valence-corrected chi connectivity index (χ3v) is 8.70. The van der Waals surface area contributed by atoms with Crippen LogP contribution in [0, 0.1) is 12.8 Å². The van der Waals surface area contributed by atoms with Crippen molar-refractivity contribution in [2.24, 2.45) is 5.92 Å². The number of nitrogens with zero attached hydrogens (tertiary/aromatic N) is 1. The van der Waals surface area contributed by atoms with E-state index in [2.05, 4.69) is 26.1 Å². The molecule has 1 aliphatic rings. The molecule has 0 aromatic heterocycles. The second-order valence-electron chi connectivity index (χ2n) is 10.7. The van der Waals surface area contributed by atoms with E-state index in [1.54, 1.807) is 48.5 Å². The molecule has 1 N–H and O–H groups in total. The van der Waals surface area contributed by atoms with Crippen LogP contribution < -0.4 is 5.32 Å². The highest BCUT2D eigenvalue weighted by Gasteiger charge is 2.33. The lowest BCUT2D eigenvalue weighted by molar-refractivity contribution is -0.120. The van der Waals surface area contributed by atoms with Crippen LogP contribution in [0.2, 0.25) is 0 Å². The zero-order chi connectivity index (χ0) is 26.8. The van der Waals surface area contributed by atoms with Gasteiger partial charge in [0, 0.05) is 29.9 Å². The summed E-state index contributed by atoms with van der Waals surface area (Å²) in [6, 6.07) is 21.2. The van der Waals surface area contributed by atoms with Crippen molar-refractivity contribution in [1.29, 1.82) is 0 Å². The molecule has 1 atom stereocenters. The van der Waals surface area contributed by atoms with E-state index in [1.807, 2.05) is 31.2 Å². The largest absolute Gasteiger partial charge is 0.326 e. The number of amides is 1. The molecular weight excluding hydrogens is 484 g/mol. The first kappa shape index (κ1) is 26.8. The smallest absolute Gasteiger partial charge is 0.243 e. The number of carbonyl (C=O) groups is 2. The Hall–Kier alpha value is -3.29. The van der Waals surface area contributed by atoms with Crippen LogP contribution in [0.25, 0.3) is 0 Å². The third kappa shape index (κ3) is 6.17. The van der Waals surface area contributed by atoms with Gasteiger partial charge in [-0.05, 0) is 55.0 Å². The zero-order valence-electron chi connectivity index (χ0n) is 21.8. The van der Waals surface area contributed by atoms with Gasteiger partial charge in [-0.25, -0.2) is 8.42 Å². The van der Waals surface area contributed by atoms with Gasteiger partial charge in [-0.2, -0.15) is 4.31 Å². The molecule has 1 heterocycles. The molecule has 6 nitrogen and oxygen atoms in total. The Morgan fingerprint density at radius 3 is 2.24 bits per heavy atom. The molecule has 0 radical (unpaired) electrons. The predicted octanol–water partition coefficient (Wildman–Crippen LogP) is 5.56. The van der Waals surface area contributed by atoms with Crippen LogP contribution in [0.5, 0.6) is 0 Å². The molecule has 3 aromatic rings. The normalized spacial score (nSPS) is 16.8. The Kier molecular flexibility index (Phi) is 7.67. The van der Waals surface area contributed by atoms with Gasteiger partial charge in [-0.1, -0.05) is 74.9 Å². The summed E-state index contributed by atoms with van der Waals surface area (Å²) in [7, 11) is -3.67. The van der Waals surface area contributed by atoms with Crippen molar-refractivity contribution in [3.63, 3.8) is 0 Å². The summed E-state index contributed by atoms with van der Waals surface area (Å²) >= 11 is 0. The SMILES string of the molecule is Cc1ccc(S(=O)(=O)N2CCCC(C(=O)Nc3cccc(C(=O)c4ccc(C(C)(C)C)cc4)c3)C2)cc1. The maximum atomic E-state index is 13.1. The Bertz CT molecular complexity index is 1390. The molecule has 7 heteroatoms. The predicted molar refractivity (Wildman–Crippen MR) is 146 cm³/mol. The number of rotatable bonds is 6. The molecule has 37 heavy (non-hydrogen) atoms. The van der Waals surface area contributed by atoms with Gasteiger partial charge in [0.1, 0.15) is 0 Å². The molecule has 1 saturated heterocycles. The number of hydrogen-bond acceptors (Lipinski definition) is 4. The first-order valence-electron chi connectivity index (χ1n) is 12.6. The topological polar surface area (TPSA) is 83.6 Å². The molecule has 3 aromatic carbocycles. The highest BCUT2D eigenvalue weighted by molar-refractivity contribution is 7.89. The van der Waals surface area contributed by atoms with E-state index in [-0.39, 0.29) is 28.5 Å². The van der Waals surface area contributed by atoms with Crippen LogP contribution in [0.1, 0.15) is 60.7 Å². The Labute approximate surface area is 219 Å². The summed E-state index contributed by atoms with van der Waals surface area (Å²) in [6.45, 7) is 8.79. The number of sulfonamides is 1. The number of aryl methyl sites for hydroxylation is 1. The fourth-order valence-electron chi connectivity index (χ4n) is 4.50. The minimum absolute atomic E-state index is 0.0000569. The molecule has 0 aliphatic carbocycles. The standard InChI is InChI=1S/C30H34N2O4S/c1-21-10-16-27(17-11-21)37(35,36)32-18-6-8-24(20-32)29(34)31-26-9-5-7-23(19-26)28(33)22-12-14-25(15-13-22)30(2,3)4/h5,7,9-17,19,24H,6,8,18,20H2,1-4H3,(H,31,34).